The molecule has 104 valence electrons. The number of rotatable bonds is 2. The van der Waals surface area contributed by atoms with Gasteiger partial charge < -0.3 is 15.1 Å². The van der Waals surface area contributed by atoms with E-state index in [2.05, 4.69) is 5.32 Å². The number of carboxylic acids is 1. The van der Waals surface area contributed by atoms with Crippen LogP contribution in [0, 0.1) is 13.8 Å². The highest BCUT2D eigenvalue weighted by Gasteiger charge is 2.27. The first-order valence-electron chi connectivity index (χ1n) is 5.97. The molecule has 7 heteroatoms. The van der Waals surface area contributed by atoms with Gasteiger partial charge in [-0.2, -0.15) is 0 Å². The number of β-amino-alcohol motifs (C(OH)–C–C–N with tert-alkyl or cyclic N) is 1. The Morgan fingerprint density at radius 1 is 1.42 bits per heavy atom. The number of carbonyl (C=O) groups excluding carboxylic acids is 1. The van der Waals surface area contributed by atoms with Gasteiger partial charge in [0.15, 0.2) is 0 Å². The van der Waals surface area contributed by atoms with Gasteiger partial charge in [0, 0.05) is 18.0 Å². The van der Waals surface area contributed by atoms with Crippen molar-refractivity contribution in [2.45, 2.75) is 26.4 Å². The van der Waals surface area contributed by atoms with Gasteiger partial charge in [-0.15, -0.1) is 11.3 Å². The lowest BCUT2D eigenvalue weighted by Crippen LogP contribution is -2.33. The van der Waals surface area contributed by atoms with E-state index in [-0.39, 0.29) is 18.1 Å². The fourth-order valence-corrected chi connectivity index (χ4v) is 3.12. The summed E-state index contributed by atoms with van der Waals surface area (Å²) in [6.07, 6.45) is 0.0679. The molecule has 0 radical (unpaired) electrons. The van der Waals surface area contributed by atoms with Crippen LogP contribution in [0.4, 0.5) is 9.80 Å². The monoisotopic (exact) mass is 284 g/mol. The zero-order valence-corrected chi connectivity index (χ0v) is 11.6. The van der Waals surface area contributed by atoms with Crippen LogP contribution in [0.3, 0.4) is 0 Å². The minimum atomic E-state index is -1.04. The molecule has 1 aromatic rings. The largest absolute Gasteiger partial charge is 0.478 e. The molecule has 0 unspecified atom stereocenters. The Morgan fingerprint density at radius 3 is 2.63 bits per heavy atom. The van der Waals surface area contributed by atoms with E-state index in [1.807, 2.05) is 6.92 Å². The van der Waals surface area contributed by atoms with Crippen LogP contribution in [0.25, 0.3) is 0 Å². The predicted molar refractivity (Wildman–Crippen MR) is 72.0 cm³/mol. The Labute approximate surface area is 114 Å². The summed E-state index contributed by atoms with van der Waals surface area (Å²) in [5, 5.41) is 21.6. The quantitative estimate of drug-likeness (QED) is 0.770. The summed E-state index contributed by atoms with van der Waals surface area (Å²) in [5.74, 6) is -1.04. The smallest absolute Gasteiger partial charge is 0.338 e. The first-order valence-corrected chi connectivity index (χ1v) is 6.79. The summed E-state index contributed by atoms with van der Waals surface area (Å²) < 4.78 is 0. The molecular formula is C12H16N2O4S. The third-order valence-corrected chi connectivity index (χ3v) is 4.39. The molecule has 2 rings (SSSR count). The van der Waals surface area contributed by atoms with Gasteiger partial charge in [-0.3, -0.25) is 5.32 Å². The van der Waals surface area contributed by atoms with E-state index in [9.17, 15) is 19.8 Å². The minimum absolute atomic E-state index is 0.149. The second-order valence-electron chi connectivity index (χ2n) is 4.61. The number of aliphatic hydroxyl groups excluding tert-OH is 1. The van der Waals surface area contributed by atoms with Crippen molar-refractivity contribution in [1.29, 1.82) is 0 Å². The molecule has 1 fully saturated rings. The van der Waals surface area contributed by atoms with Crippen molar-refractivity contribution in [3.63, 3.8) is 0 Å². The fraction of sp³-hybridized carbons (Fsp3) is 0.500. The summed E-state index contributed by atoms with van der Waals surface area (Å²) in [6.45, 7) is 4.32. The predicted octanol–water partition coefficient (Wildman–Crippen LogP) is 1.66. The lowest BCUT2D eigenvalue weighted by molar-refractivity contribution is 0.0697. The maximum Gasteiger partial charge on any atom is 0.338 e. The number of aryl methyl sites for hydroxylation is 1. The number of urea groups is 1. The van der Waals surface area contributed by atoms with Crippen molar-refractivity contribution in [3.05, 3.63) is 16.0 Å². The molecule has 2 amide bonds. The van der Waals surface area contributed by atoms with Gasteiger partial charge >= 0.3 is 12.0 Å². The first kappa shape index (κ1) is 13.8. The minimum Gasteiger partial charge on any atom is -0.478 e. The first-order chi connectivity index (χ1) is 8.90. The Morgan fingerprint density at radius 2 is 2.11 bits per heavy atom. The van der Waals surface area contributed by atoms with Gasteiger partial charge in [-0.25, -0.2) is 9.59 Å². The van der Waals surface area contributed by atoms with Crippen LogP contribution >= 0.6 is 11.3 Å². The van der Waals surface area contributed by atoms with Crippen LogP contribution in [0.5, 0.6) is 0 Å². The molecule has 1 aliphatic rings. The van der Waals surface area contributed by atoms with Crippen LogP contribution in [-0.2, 0) is 0 Å². The van der Waals surface area contributed by atoms with Crippen molar-refractivity contribution in [3.8, 4) is 0 Å². The van der Waals surface area contributed by atoms with Crippen LogP contribution in [0.15, 0.2) is 0 Å². The van der Waals surface area contributed by atoms with E-state index < -0.39 is 12.1 Å². The third-order valence-electron chi connectivity index (χ3n) is 3.27. The third kappa shape index (κ3) is 2.71. The highest BCUT2D eigenvalue weighted by atomic mass is 32.1. The number of likely N-dealkylation sites (tertiary alicyclic amines) is 1. The van der Waals surface area contributed by atoms with Crippen molar-refractivity contribution < 1.29 is 19.8 Å². The SMILES string of the molecule is Cc1sc(NC(=O)N2CC[C@@H](O)C2)c(C(=O)O)c1C. The van der Waals surface area contributed by atoms with Gasteiger partial charge in [-0.05, 0) is 25.8 Å². The lowest BCUT2D eigenvalue weighted by Gasteiger charge is -2.16. The molecule has 1 saturated heterocycles. The van der Waals surface area contributed by atoms with E-state index in [0.29, 0.717) is 23.5 Å². The van der Waals surface area contributed by atoms with Gasteiger partial charge in [0.2, 0.25) is 0 Å². The number of carboxylic acid groups (broad SMARTS) is 1. The average Bonchev–Trinajstić information content (AvgIpc) is 2.85. The normalized spacial score (nSPS) is 18.7. The van der Waals surface area contributed by atoms with Crippen LogP contribution in [0.2, 0.25) is 0 Å². The number of nitrogens with zero attached hydrogens (tertiary/aromatic N) is 1. The van der Waals surface area contributed by atoms with Gasteiger partial charge in [-0.1, -0.05) is 0 Å². The molecule has 19 heavy (non-hydrogen) atoms. The zero-order valence-electron chi connectivity index (χ0n) is 10.8. The molecule has 1 aromatic heterocycles. The molecule has 6 nitrogen and oxygen atoms in total. The Kier molecular flexibility index (Phi) is 3.77. The molecule has 1 aliphatic heterocycles. The number of nitrogens with one attached hydrogen (secondary N) is 1. The number of hydrogen-bond donors (Lipinski definition) is 3. The van der Waals surface area contributed by atoms with Crippen molar-refractivity contribution >= 4 is 28.3 Å². The number of anilines is 1. The molecule has 3 N–H and O–H groups in total. The fourth-order valence-electron chi connectivity index (χ4n) is 2.07. The summed E-state index contributed by atoms with van der Waals surface area (Å²) in [6, 6.07) is -0.361. The maximum atomic E-state index is 12.0. The molecule has 0 saturated carbocycles. The highest BCUT2D eigenvalue weighted by Crippen LogP contribution is 2.32. The van der Waals surface area contributed by atoms with E-state index >= 15 is 0 Å². The lowest BCUT2D eigenvalue weighted by atomic mass is 10.1. The molecular weight excluding hydrogens is 268 g/mol. The molecule has 1 atom stereocenters. The molecule has 0 aliphatic carbocycles. The van der Waals surface area contributed by atoms with E-state index in [4.69, 9.17) is 0 Å². The van der Waals surface area contributed by atoms with Crippen LogP contribution in [-0.4, -0.2) is 46.3 Å². The number of amides is 2. The Balaban J connectivity index is 2.17. The zero-order chi connectivity index (χ0) is 14.2. The molecule has 2 heterocycles. The topological polar surface area (TPSA) is 89.9 Å². The Hall–Kier alpha value is -1.60. The Bertz CT molecular complexity index is 526. The average molecular weight is 284 g/mol. The second-order valence-corrected chi connectivity index (χ2v) is 5.84. The van der Waals surface area contributed by atoms with E-state index in [0.717, 1.165) is 4.88 Å². The number of hydrogen-bond acceptors (Lipinski definition) is 4. The van der Waals surface area contributed by atoms with Crippen molar-refractivity contribution in [1.82, 2.24) is 4.90 Å². The summed E-state index contributed by atoms with van der Waals surface area (Å²) in [5.41, 5.74) is 0.824. The van der Waals surface area contributed by atoms with Gasteiger partial charge in [0.1, 0.15) is 5.00 Å². The van der Waals surface area contributed by atoms with E-state index in [1.165, 1.54) is 16.2 Å². The highest BCUT2D eigenvalue weighted by molar-refractivity contribution is 7.16. The molecule has 0 spiro atoms. The number of aliphatic hydroxyl groups is 1. The second kappa shape index (κ2) is 5.18. The summed E-state index contributed by atoms with van der Waals surface area (Å²) >= 11 is 1.26. The number of carbonyl (C=O) groups is 2. The van der Waals surface area contributed by atoms with Crippen LogP contribution in [0.1, 0.15) is 27.2 Å². The summed E-state index contributed by atoms with van der Waals surface area (Å²) in [4.78, 5) is 25.5. The summed E-state index contributed by atoms with van der Waals surface area (Å²) in [7, 11) is 0. The molecule has 0 bridgehead atoms. The van der Waals surface area contributed by atoms with Crippen LogP contribution < -0.4 is 5.32 Å². The van der Waals surface area contributed by atoms with Gasteiger partial charge in [0.25, 0.3) is 0 Å². The molecule has 0 aromatic carbocycles. The number of thiophene rings is 1. The van der Waals surface area contributed by atoms with Crippen molar-refractivity contribution in [2.75, 3.05) is 18.4 Å². The number of aromatic carboxylic acids is 1. The van der Waals surface area contributed by atoms with E-state index in [1.54, 1.807) is 6.92 Å². The standard InChI is InChI=1S/C12H16N2O4S/c1-6-7(2)19-10(9(6)11(16)17)13-12(18)14-4-3-8(15)5-14/h8,15H,3-5H2,1-2H3,(H,13,18)(H,16,17)/t8-/m1/s1. The van der Waals surface area contributed by atoms with Gasteiger partial charge in [0.05, 0.1) is 11.7 Å². The van der Waals surface area contributed by atoms with Crippen molar-refractivity contribution in [2.24, 2.45) is 0 Å². The maximum absolute atomic E-state index is 12.0.